The molecule has 0 unspecified atom stereocenters. The molecule has 1 N–H and O–H groups in total. The lowest BCUT2D eigenvalue weighted by Gasteiger charge is -2.29. The number of hydrogen-bond acceptors (Lipinski definition) is 3. The molecule has 0 rings (SSSR count). The molecule has 0 saturated carbocycles. The molecule has 0 radical (unpaired) electrons. The third kappa shape index (κ3) is 5.22. The monoisotopic (exact) mass is 253 g/mol. The molecule has 0 saturated heterocycles. The number of nitrogens with one attached hydrogen (secondary N) is 1. The molecular weight excluding hydrogens is 230 g/mol. The average Bonchev–Trinajstić information content (AvgIpc) is 2.21. The molecule has 92 valence electrons. The van der Waals surface area contributed by atoms with E-state index in [9.17, 15) is 8.42 Å². The first-order valence-electron chi connectivity index (χ1n) is 5.47. The first kappa shape index (κ1) is 15.3. The zero-order chi connectivity index (χ0) is 11.9. The first-order valence-corrected chi connectivity index (χ1v) is 8.35. The fourth-order valence-corrected chi connectivity index (χ4v) is 3.51. The summed E-state index contributed by atoms with van der Waals surface area (Å²) in [5, 5.41) is 0. The average molecular weight is 253 g/mol. The van der Waals surface area contributed by atoms with Crippen LogP contribution in [0, 0.1) is 0 Å². The van der Waals surface area contributed by atoms with Crippen molar-refractivity contribution >= 4 is 21.8 Å². The Morgan fingerprint density at radius 3 is 2.07 bits per heavy atom. The quantitative estimate of drug-likeness (QED) is 0.721. The smallest absolute Gasteiger partial charge is 0.211 e. The minimum absolute atomic E-state index is 0.0564. The van der Waals surface area contributed by atoms with Gasteiger partial charge in [0.1, 0.15) is 0 Å². The van der Waals surface area contributed by atoms with E-state index in [1.807, 2.05) is 13.2 Å². The second-order valence-electron chi connectivity index (χ2n) is 3.73. The minimum atomic E-state index is -3.06. The van der Waals surface area contributed by atoms with Crippen molar-refractivity contribution in [3.05, 3.63) is 0 Å². The van der Waals surface area contributed by atoms with E-state index in [0.29, 0.717) is 13.0 Å². The van der Waals surface area contributed by atoms with Gasteiger partial charge in [0, 0.05) is 11.3 Å². The summed E-state index contributed by atoms with van der Waals surface area (Å²) in [4.78, 5) is 0. The van der Waals surface area contributed by atoms with Gasteiger partial charge in [-0.05, 0) is 25.5 Å². The van der Waals surface area contributed by atoms with Crippen LogP contribution in [0.15, 0.2) is 0 Å². The molecule has 5 heteroatoms. The predicted molar refractivity (Wildman–Crippen MR) is 68.9 cm³/mol. The van der Waals surface area contributed by atoms with Crippen LogP contribution < -0.4 is 4.72 Å². The zero-order valence-electron chi connectivity index (χ0n) is 10.2. The van der Waals surface area contributed by atoms with E-state index < -0.39 is 10.0 Å². The van der Waals surface area contributed by atoms with Gasteiger partial charge >= 0.3 is 0 Å². The maximum absolute atomic E-state index is 11.5. The van der Waals surface area contributed by atoms with Gasteiger partial charge in [-0.25, -0.2) is 13.1 Å². The van der Waals surface area contributed by atoms with Gasteiger partial charge in [-0.1, -0.05) is 20.8 Å². The van der Waals surface area contributed by atoms with Crippen molar-refractivity contribution in [2.24, 2.45) is 0 Å². The summed E-state index contributed by atoms with van der Waals surface area (Å²) in [5.74, 6) is 0.227. The molecule has 0 aromatic carbocycles. The third-order valence-corrected chi connectivity index (χ3v) is 5.93. The summed E-state index contributed by atoms with van der Waals surface area (Å²) < 4.78 is 25.8. The van der Waals surface area contributed by atoms with Gasteiger partial charge in [0.25, 0.3) is 0 Å². The molecule has 0 bridgehead atoms. The molecule has 0 aliphatic carbocycles. The fourth-order valence-electron chi connectivity index (χ4n) is 1.44. The highest BCUT2D eigenvalue weighted by Crippen LogP contribution is 2.29. The topological polar surface area (TPSA) is 46.2 Å². The van der Waals surface area contributed by atoms with Crippen LogP contribution in [0.1, 0.15) is 40.0 Å². The molecule has 0 spiro atoms. The Kier molecular flexibility index (Phi) is 6.88. The van der Waals surface area contributed by atoms with Crippen molar-refractivity contribution in [2.45, 2.75) is 44.8 Å². The van der Waals surface area contributed by atoms with E-state index >= 15 is 0 Å². The first-order chi connectivity index (χ1) is 6.95. The van der Waals surface area contributed by atoms with Crippen LogP contribution >= 0.6 is 11.8 Å². The second kappa shape index (κ2) is 6.76. The lowest BCUT2D eigenvalue weighted by molar-refractivity contribution is 0.521. The van der Waals surface area contributed by atoms with Crippen LogP contribution in [0.3, 0.4) is 0 Å². The molecule has 0 fully saturated rings. The summed E-state index contributed by atoms with van der Waals surface area (Å²) in [6, 6.07) is 0. The maximum atomic E-state index is 11.5. The Labute approximate surface area is 98.5 Å². The van der Waals surface area contributed by atoms with Gasteiger partial charge in [-0.3, -0.25) is 0 Å². The van der Waals surface area contributed by atoms with Crippen LogP contribution in [0.2, 0.25) is 0 Å². The van der Waals surface area contributed by atoms with E-state index in [1.165, 1.54) is 0 Å². The molecule has 0 atom stereocenters. The van der Waals surface area contributed by atoms with Gasteiger partial charge in [-0.2, -0.15) is 11.8 Å². The number of hydrogen-bond donors (Lipinski definition) is 1. The Morgan fingerprint density at radius 1 is 1.20 bits per heavy atom. The minimum Gasteiger partial charge on any atom is -0.214 e. The number of sulfonamides is 1. The lowest BCUT2D eigenvalue weighted by Crippen LogP contribution is -2.40. The van der Waals surface area contributed by atoms with E-state index in [2.05, 4.69) is 18.6 Å². The molecule has 0 aromatic heterocycles. The van der Waals surface area contributed by atoms with Crippen LogP contribution in [-0.2, 0) is 10.0 Å². The largest absolute Gasteiger partial charge is 0.214 e. The Balaban J connectivity index is 4.34. The molecule has 0 aliphatic rings. The van der Waals surface area contributed by atoms with E-state index in [1.54, 1.807) is 11.8 Å². The molecule has 0 heterocycles. The second-order valence-corrected chi connectivity index (χ2v) is 6.93. The fraction of sp³-hybridized carbons (Fsp3) is 1.00. The molecule has 3 nitrogen and oxygen atoms in total. The van der Waals surface area contributed by atoms with Crippen LogP contribution in [0.5, 0.6) is 0 Å². The number of rotatable bonds is 8. The summed E-state index contributed by atoms with van der Waals surface area (Å²) in [5.41, 5.74) is 0. The van der Waals surface area contributed by atoms with E-state index in [4.69, 9.17) is 0 Å². The Morgan fingerprint density at radius 2 is 1.73 bits per heavy atom. The van der Waals surface area contributed by atoms with Crippen molar-refractivity contribution in [1.82, 2.24) is 4.72 Å². The van der Waals surface area contributed by atoms with E-state index in [0.717, 1.165) is 12.8 Å². The van der Waals surface area contributed by atoms with Crippen molar-refractivity contribution in [3.63, 3.8) is 0 Å². The zero-order valence-corrected chi connectivity index (χ0v) is 11.8. The molecule has 0 aliphatic heterocycles. The summed E-state index contributed by atoms with van der Waals surface area (Å²) in [7, 11) is -3.06. The molecule has 0 amide bonds. The highest BCUT2D eigenvalue weighted by Gasteiger charge is 2.26. The van der Waals surface area contributed by atoms with Gasteiger partial charge in [0.15, 0.2) is 0 Å². The standard InChI is InChI=1S/C10H23NO2S2/c1-5-8-15(12,13)11-9-10(6-2,7-3)14-4/h11H,5-9H2,1-4H3. The highest BCUT2D eigenvalue weighted by molar-refractivity contribution is 8.00. The van der Waals surface area contributed by atoms with Crippen LogP contribution in [0.25, 0.3) is 0 Å². The normalized spacial score (nSPS) is 13.1. The third-order valence-electron chi connectivity index (χ3n) is 2.81. The highest BCUT2D eigenvalue weighted by atomic mass is 32.2. The van der Waals surface area contributed by atoms with E-state index in [-0.39, 0.29) is 10.5 Å². The maximum Gasteiger partial charge on any atom is 0.211 e. The SMILES string of the molecule is CCCS(=O)(=O)NCC(CC)(CC)SC. The predicted octanol–water partition coefficient (Wildman–Crippen LogP) is 2.24. The van der Waals surface area contributed by atoms with Gasteiger partial charge in [0.05, 0.1) is 5.75 Å². The van der Waals surface area contributed by atoms with Crippen LogP contribution in [-0.4, -0.2) is 31.7 Å². The Hall–Kier alpha value is 0.260. The number of thioether (sulfide) groups is 1. The molecule has 15 heavy (non-hydrogen) atoms. The van der Waals surface area contributed by atoms with Gasteiger partial charge < -0.3 is 0 Å². The van der Waals surface area contributed by atoms with Gasteiger partial charge in [0.2, 0.25) is 10.0 Å². The molecular formula is C10H23NO2S2. The summed E-state index contributed by atoms with van der Waals surface area (Å²) in [6.07, 6.45) is 4.68. The van der Waals surface area contributed by atoms with Crippen molar-refractivity contribution in [2.75, 3.05) is 18.6 Å². The van der Waals surface area contributed by atoms with Crippen molar-refractivity contribution < 1.29 is 8.42 Å². The lowest BCUT2D eigenvalue weighted by atomic mass is 10.0. The Bertz CT molecular complexity index is 250. The van der Waals surface area contributed by atoms with Crippen LogP contribution in [0.4, 0.5) is 0 Å². The summed E-state index contributed by atoms with van der Waals surface area (Å²) >= 11 is 1.75. The summed E-state index contributed by atoms with van der Waals surface area (Å²) in [6.45, 7) is 6.63. The molecule has 0 aromatic rings. The van der Waals surface area contributed by atoms with Crippen molar-refractivity contribution in [3.8, 4) is 0 Å². The van der Waals surface area contributed by atoms with Gasteiger partial charge in [-0.15, -0.1) is 0 Å². The van der Waals surface area contributed by atoms with Crippen molar-refractivity contribution in [1.29, 1.82) is 0 Å².